The molecule has 18 nitrogen and oxygen atoms in total. The van der Waals surface area contributed by atoms with Crippen molar-refractivity contribution >= 4 is 149 Å². The molecule has 4 N–H and O–H groups in total. The summed E-state index contributed by atoms with van der Waals surface area (Å²) in [7, 11) is -9.49. The van der Waals surface area contributed by atoms with Gasteiger partial charge < -0.3 is 34.9 Å². The number of nitrogens with one attached hydrogen (secondary N) is 2. The fourth-order valence-corrected chi connectivity index (χ4v) is 9.97. The Hall–Kier alpha value is -6.72. The number of ether oxygens (including phenoxy) is 2. The van der Waals surface area contributed by atoms with E-state index in [9.17, 15) is 45.7 Å². The molecule has 0 radical (unpaired) electrons. The number of hydrogen-bond donors (Lipinski definition) is 4. The van der Waals surface area contributed by atoms with Gasteiger partial charge in [0.05, 0.1) is 50.8 Å². The van der Waals surface area contributed by atoms with Gasteiger partial charge in [0.15, 0.2) is 5.75 Å². The Morgan fingerprint density at radius 2 is 1.00 bits per heavy atom. The summed E-state index contributed by atoms with van der Waals surface area (Å²) < 4.78 is 79.0. The van der Waals surface area contributed by atoms with Crippen molar-refractivity contribution in [3.8, 4) is 23.0 Å². The zero-order chi connectivity index (χ0) is 54.9. The fourth-order valence-electron chi connectivity index (χ4n) is 7.66. The number of rotatable bonds is 16. The largest absolute Gasteiger partial charge is 2.00 e. The molecule has 0 aliphatic rings. The van der Waals surface area contributed by atoms with E-state index in [1.165, 1.54) is 18.2 Å². The number of carbonyl (C=O) groups excluding carboxylic acids is 2. The Morgan fingerprint density at radius 1 is 0.584 bits per heavy atom. The summed E-state index contributed by atoms with van der Waals surface area (Å²) in [5, 5.41) is 48.2. The van der Waals surface area contributed by atoms with Crippen LogP contribution in [0.2, 0.25) is 10.0 Å². The van der Waals surface area contributed by atoms with Crippen LogP contribution in [0.15, 0.2) is 164 Å². The molecule has 0 aliphatic carbocycles. The van der Waals surface area contributed by atoms with Crippen LogP contribution in [0, 0.1) is 0 Å². The van der Waals surface area contributed by atoms with E-state index in [2.05, 4.69) is 31.1 Å². The number of anilines is 2. The molecule has 0 atom stereocenters. The van der Waals surface area contributed by atoms with Gasteiger partial charge in [-0.3, -0.25) is 14.1 Å². The van der Waals surface area contributed by atoms with Crippen molar-refractivity contribution in [2.75, 3.05) is 23.8 Å². The van der Waals surface area contributed by atoms with E-state index in [1.807, 2.05) is 13.8 Å². The molecular weight excluding hydrogens is 1100 g/mol. The van der Waals surface area contributed by atoms with E-state index in [0.29, 0.717) is 81.6 Å². The predicted molar refractivity (Wildman–Crippen MR) is 294 cm³/mol. The number of aryl methyl sites for hydroxylation is 2. The zero-order valence-corrected chi connectivity index (χ0v) is 46.9. The molecule has 8 aromatic rings. The van der Waals surface area contributed by atoms with Crippen LogP contribution in [0.3, 0.4) is 0 Å². The van der Waals surface area contributed by atoms with Gasteiger partial charge in [0.25, 0.3) is 21.9 Å². The summed E-state index contributed by atoms with van der Waals surface area (Å²) in [6, 6.07) is 35.5. The molecule has 2 amide bonds. The zero-order valence-electron chi connectivity index (χ0n) is 41.6. The van der Waals surface area contributed by atoms with E-state index in [-0.39, 0.29) is 81.7 Å². The van der Waals surface area contributed by atoms with E-state index < -0.39 is 53.3 Å². The number of azo groups is 2. The number of phenolic OH excluding ortho intramolecular Hbond substituents is 1. The summed E-state index contributed by atoms with van der Waals surface area (Å²) in [5.74, 6) is -0.979. The van der Waals surface area contributed by atoms with Crippen LogP contribution in [0.1, 0.15) is 59.5 Å². The Balaban J connectivity index is 0.000000246. The molecule has 0 saturated carbocycles. The van der Waals surface area contributed by atoms with Gasteiger partial charge in [-0.05, 0) is 134 Å². The molecule has 8 rings (SSSR count). The molecule has 0 saturated heterocycles. The van der Waals surface area contributed by atoms with Crippen molar-refractivity contribution in [3.05, 3.63) is 166 Å². The molecular formula is C54H46CaCl2N6O12S2. The minimum atomic E-state index is -4.87. The molecule has 392 valence electrons. The number of hydrogen-bond acceptors (Lipinski definition) is 15. The van der Waals surface area contributed by atoms with Crippen molar-refractivity contribution in [1.29, 1.82) is 0 Å². The van der Waals surface area contributed by atoms with Crippen LogP contribution in [-0.2, 0) is 33.1 Å². The minimum absolute atomic E-state index is 0. The molecule has 0 fully saturated rings. The summed E-state index contributed by atoms with van der Waals surface area (Å²) in [6.45, 7) is 8.25. The van der Waals surface area contributed by atoms with Crippen LogP contribution >= 0.6 is 23.2 Å². The van der Waals surface area contributed by atoms with Gasteiger partial charge in [-0.25, -0.2) is 8.42 Å². The summed E-state index contributed by atoms with van der Waals surface area (Å²) >= 11 is 12.2. The van der Waals surface area contributed by atoms with Gasteiger partial charge in [0, 0.05) is 27.7 Å². The van der Waals surface area contributed by atoms with Crippen molar-refractivity contribution in [3.63, 3.8) is 0 Å². The number of carbonyl (C=O) groups is 2. The molecule has 23 heteroatoms. The fraction of sp³-hybridized carbons (Fsp3) is 0.148. The van der Waals surface area contributed by atoms with Crippen molar-refractivity contribution in [2.24, 2.45) is 20.5 Å². The van der Waals surface area contributed by atoms with Gasteiger partial charge in [0.1, 0.15) is 32.2 Å². The first kappa shape index (κ1) is 59.5. The topological polar surface area (TPSA) is 281 Å². The second-order valence-corrected chi connectivity index (χ2v) is 19.9. The molecule has 8 aromatic carbocycles. The Bertz CT molecular complexity index is 3560. The number of phenols is 1. The number of halogens is 2. The van der Waals surface area contributed by atoms with E-state index in [1.54, 1.807) is 117 Å². The van der Waals surface area contributed by atoms with E-state index >= 15 is 0 Å². The number of benzene rings is 8. The molecule has 77 heavy (non-hydrogen) atoms. The van der Waals surface area contributed by atoms with Crippen molar-refractivity contribution < 1.29 is 55.2 Å². The quantitative estimate of drug-likeness (QED) is 0.0399. The van der Waals surface area contributed by atoms with Crippen LogP contribution in [0.25, 0.3) is 21.5 Å². The Morgan fingerprint density at radius 3 is 1.45 bits per heavy atom. The number of fused-ring (bicyclic) bond motifs is 2. The summed E-state index contributed by atoms with van der Waals surface area (Å²) in [4.78, 5) is 25.1. The summed E-state index contributed by atoms with van der Waals surface area (Å²) in [5.41, 5.74) is 1.62. The molecule has 0 aliphatic heterocycles. The first-order valence-electron chi connectivity index (χ1n) is 23.2. The third-order valence-corrected chi connectivity index (χ3v) is 14.2. The van der Waals surface area contributed by atoms with Crippen LogP contribution < -0.4 is 25.2 Å². The number of amides is 2. The maximum Gasteiger partial charge on any atom is 2.00 e. The maximum atomic E-state index is 13.4. The smallest absolute Gasteiger partial charge is 0.870 e. The van der Waals surface area contributed by atoms with Gasteiger partial charge >= 0.3 is 37.7 Å². The van der Waals surface area contributed by atoms with Crippen LogP contribution in [-0.4, -0.2) is 93.8 Å². The molecule has 0 aromatic heterocycles. The average Bonchev–Trinajstić information content (AvgIpc) is 3.39. The maximum absolute atomic E-state index is 13.4. The first-order chi connectivity index (χ1) is 36.2. The van der Waals surface area contributed by atoms with Gasteiger partial charge in [0.2, 0.25) is 0 Å². The van der Waals surface area contributed by atoms with Gasteiger partial charge in [-0.15, -0.1) is 5.11 Å². The average molecular weight is 1150 g/mol. The molecule has 0 bridgehead atoms. The second-order valence-electron chi connectivity index (χ2n) is 16.4. The van der Waals surface area contributed by atoms with Gasteiger partial charge in [-0.2, -0.15) is 23.8 Å². The number of aromatic hydroxyl groups is 1. The second kappa shape index (κ2) is 26.1. The van der Waals surface area contributed by atoms with E-state index in [4.69, 9.17) is 32.7 Å². The Kier molecular flexibility index (Phi) is 20.2. The first-order valence-corrected chi connectivity index (χ1v) is 26.8. The predicted octanol–water partition coefficient (Wildman–Crippen LogP) is 12.8. The normalized spacial score (nSPS) is 11.5. The van der Waals surface area contributed by atoms with Gasteiger partial charge in [-0.1, -0.05) is 91.3 Å². The van der Waals surface area contributed by atoms with Crippen molar-refractivity contribution in [1.82, 2.24) is 0 Å². The minimum Gasteiger partial charge on any atom is -0.870 e. The summed E-state index contributed by atoms with van der Waals surface area (Å²) in [6.07, 6.45) is 0.710. The molecule has 0 unspecified atom stereocenters. The monoisotopic (exact) mass is 1140 g/mol. The molecule has 0 spiro atoms. The SMILES string of the molecule is CCOc1ccc(NC(=O)c2cc3ccccc3c(N=Nc3cc(CC)c(Cl)c(S(=O)(=O)O)c3)c2O)cc1.CCOc1ccc(NC(=O)c2cc3ccccc3c(N=Nc3cc(CC)c(Cl)c(S(=O)(=O)[O-])c3)c2[O-])cc1.[Ca+2]. The van der Waals surface area contributed by atoms with Crippen LogP contribution in [0.5, 0.6) is 23.0 Å². The third-order valence-electron chi connectivity index (χ3n) is 11.3. The van der Waals surface area contributed by atoms with Crippen LogP contribution in [0.4, 0.5) is 34.1 Å². The number of nitrogens with zero attached hydrogens (tertiary/aromatic N) is 4. The van der Waals surface area contributed by atoms with Crippen molar-refractivity contribution in [2.45, 2.75) is 50.3 Å². The van der Waals surface area contributed by atoms with E-state index in [0.717, 1.165) is 12.1 Å². The standard InChI is InChI=1S/2C27H24ClN3O6S.Ca/c2*1-3-16-13-19(15-23(24(16)28)38(34,35)36)30-31-25-21-8-6-5-7-17(21)14-22(26(25)32)27(33)29-18-9-11-20(12-10-18)37-4-2;/h2*5-15,32H,3-4H2,1-2H3,(H,29,33)(H,34,35,36);/q;;+2/p-2. The molecule has 0 heterocycles. The Labute approximate surface area is 483 Å². The third kappa shape index (κ3) is 14.5.